The number of rotatable bonds is 13. The van der Waals surface area contributed by atoms with E-state index in [0.717, 1.165) is 31.0 Å². The van der Waals surface area contributed by atoms with Crippen molar-refractivity contribution in [3.05, 3.63) is 29.8 Å². The second kappa shape index (κ2) is 11.2. The Morgan fingerprint density at radius 3 is 2.26 bits per heavy atom. The molecule has 15 heteroatoms. The summed E-state index contributed by atoms with van der Waals surface area (Å²) in [5.41, 5.74) is 1.16. The van der Waals surface area contributed by atoms with Crippen molar-refractivity contribution in [3.8, 4) is 0 Å². The van der Waals surface area contributed by atoms with Crippen LogP contribution < -0.4 is 4.72 Å². The second-order valence-electron chi connectivity index (χ2n) is 10.2. The van der Waals surface area contributed by atoms with Gasteiger partial charge in [0.1, 0.15) is 0 Å². The topological polar surface area (TPSA) is 205 Å². The number of hydrogen-bond donors (Lipinski definition) is 4. The number of nitrogens with one attached hydrogen (secondary N) is 1. The molecule has 1 unspecified atom stereocenters. The van der Waals surface area contributed by atoms with Gasteiger partial charge in [0.2, 0.25) is 10.0 Å². The molecule has 0 saturated carbocycles. The smallest absolute Gasteiger partial charge is 0.303 e. The van der Waals surface area contributed by atoms with Crippen LogP contribution in [0.4, 0.5) is 5.69 Å². The lowest BCUT2D eigenvalue weighted by Crippen LogP contribution is -2.31. The Hall–Kier alpha value is -2.43. The van der Waals surface area contributed by atoms with Crippen molar-refractivity contribution in [2.45, 2.75) is 68.1 Å². The van der Waals surface area contributed by atoms with E-state index in [1.54, 1.807) is 6.07 Å². The number of carbonyl (C=O) groups is 1. The first kappa shape index (κ1) is 31.1. The predicted octanol–water partition coefficient (Wildman–Crippen LogP) is 3.29. The Balaban J connectivity index is 2.05. The summed E-state index contributed by atoms with van der Waals surface area (Å²) in [7, 11) is -13.8. The fraction of sp³-hybridized carbons (Fsp3) is 0.500. The molecule has 3 rings (SSSR count). The third-order valence-corrected chi connectivity index (χ3v) is 9.84. The molecule has 0 aromatic heterocycles. The molecule has 2 aromatic rings. The van der Waals surface area contributed by atoms with E-state index >= 15 is 0 Å². The minimum atomic E-state index is -4.84. The van der Waals surface area contributed by atoms with Gasteiger partial charge in [-0.25, -0.2) is 13.1 Å². The predicted molar refractivity (Wildman–Crippen MR) is 145 cm³/mol. The summed E-state index contributed by atoms with van der Waals surface area (Å²) in [5.74, 6) is -1.75. The van der Waals surface area contributed by atoms with E-state index in [1.165, 1.54) is 12.1 Å². The first-order chi connectivity index (χ1) is 17.8. The molecule has 0 radical (unpaired) electrons. The van der Waals surface area contributed by atoms with Crippen LogP contribution in [0.25, 0.3) is 10.8 Å². The number of benzene rings is 2. The number of fused-ring (bicyclic) bond motifs is 3. The SMILES string of the molecule is CC(CCCCCC(=O)O)C1=Nc2ccc3c(S(=O)(=O)NCCS(=O)(=O)O)cc(S(=O)(=O)O)cc3c2C1(C)C. The van der Waals surface area contributed by atoms with Crippen LogP contribution in [0.5, 0.6) is 0 Å². The number of nitrogens with zero attached hydrogens (tertiary/aromatic N) is 1. The molecule has 1 heterocycles. The summed E-state index contributed by atoms with van der Waals surface area (Å²) >= 11 is 0. The Labute approximate surface area is 228 Å². The van der Waals surface area contributed by atoms with Crippen molar-refractivity contribution in [1.29, 1.82) is 0 Å². The average molecular weight is 605 g/mol. The minimum absolute atomic E-state index is 0.0117. The van der Waals surface area contributed by atoms with Gasteiger partial charge in [-0.15, -0.1) is 0 Å². The van der Waals surface area contributed by atoms with Gasteiger partial charge in [0.25, 0.3) is 20.2 Å². The van der Waals surface area contributed by atoms with Gasteiger partial charge in [0, 0.05) is 29.5 Å². The summed E-state index contributed by atoms with van der Waals surface area (Å²) < 4.78 is 93.3. The Kier molecular flexibility index (Phi) is 8.94. The molecule has 2 aromatic carbocycles. The number of aliphatic carboxylic acids is 1. The standard InChI is InChI=1S/C24H32N2O10S3/c1-15(7-5-4-6-8-21(27)28)23-24(2,3)22-18-13-16(39(34,35)36)14-20(17(18)9-10-19(22)26-23)38(32,33)25-11-12-37(29,30)31/h9-10,13-15,25H,4-8,11-12H2,1-3H3,(H,27,28)(H,29,30,31)(H,34,35,36). The molecule has 0 amide bonds. The van der Waals surface area contributed by atoms with Crippen molar-refractivity contribution in [3.63, 3.8) is 0 Å². The molecule has 0 spiro atoms. The van der Waals surface area contributed by atoms with E-state index in [4.69, 9.17) is 14.7 Å². The highest BCUT2D eigenvalue weighted by atomic mass is 32.2. The van der Waals surface area contributed by atoms with Crippen LogP contribution in [0, 0.1) is 5.92 Å². The van der Waals surface area contributed by atoms with E-state index in [0.29, 0.717) is 17.7 Å². The molecule has 0 bridgehead atoms. The largest absolute Gasteiger partial charge is 0.481 e. The van der Waals surface area contributed by atoms with E-state index in [1.807, 2.05) is 25.5 Å². The number of hydrogen-bond acceptors (Lipinski definition) is 8. The molecular weight excluding hydrogens is 572 g/mol. The van der Waals surface area contributed by atoms with Crippen LogP contribution in [-0.2, 0) is 40.5 Å². The average Bonchev–Trinajstić information content (AvgIpc) is 3.07. The minimum Gasteiger partial charge on any atom is -0.481 e. The molecule has 39 heavy (non-hydrogen) atoms. The number of carboxylic acids is 1. The first-order valence-electron chi connectivity index (χ1n) is 12.2. The zero-order valence-corrected chi connectivity index (χ0v) is 24.2. The van der Waals surface area contributed by atoms with Crippen molar-refractivity contribution < 1.29 is 44.3 Å². The molecule has 4 N–H and O–H groups in total. The highest BCUT2D eigenvalue weighted by Crippen LogP contribution is 2.47. The number of unbranched alkanes of at least 4 members (excludes halogenated alkanes) is 2. The number of sulfonamides is 1. The summed E-state index contributed by atoms with van der Waals surface area (Å²) in [4.78, 5) is 14.4. The summed E-state index contributed by atoms with van der Waals surface area (Å²) in [6.45, 7) is 5.10. The van der Waals surface area contributed by atoms with E-state index < -0.39 is 63.7 Å². The molecule has 216 valence electrons. The summed E-state index contributed by atoms with van der Waals surface area (Å²) in [6.07, 6.45) is 2.93. The maximum atomic E-state index is 13.1. The van der Waals surface area contributed by atoms with Gasteiger partial charge in [0.05, 0.1) is 21.2 Å². The number of aliphatic imine (C=N–C) groups is 1. The lowest BCUT2D eigenvalue weighted by molar-refractivity contribution is -0.137. The van der Waals surface area contributed by atoms with Gasteiger partial charge in [-0.2, -0.15) is 16.8 Å². The summed E-state index contributed by atoms with van der Waals surface area (Å²) in [6, 6.07) is 5.08. The van der Waals surface area contributed by atoms with Gasteiger partial charge in [-0.3, -0.25) is 18.9 Å². The van der Waals surface area contributed by atoms with Crippen molar-refractivity contribution >= 4 is 58.4 Å². The van der Waals surface area contributed by atoms with Crippen LogP contribution in [0.2, 0.25) is 0 Å². The third kappa shape index (κ3) is 7.21. The van der Waals surface area contributed by atoms with Gasteiger partial charge < -0.3 is 5.11 Å². The Bertz CT molecular complexity index is 1640. The normalized spacial score (nSPS) is 16.2. The van der Waals surface area contributed by atoms with Crippen molar-refractivity contribution in [2.75, 3.05) is 12.3 Å². The van der Waals surface area contributed by atoms with Crippen LogP contribution >= 0.6 is 0 Å². The maximum absolute atomic E-state index is 13.1. The van der Waals surface area contributed by atoms with E-state index in [9.17, 15) is 34.6 Å². The maximum Gasteiger partial charge on any atom is 0.303 e. The third-order valence-electron chi connectivity index (χ3n) is 6.79. The van der Waals surface area contributed by atoms with Gasteiger partial charge in [-0.05, 0) is 47.9 Å². The highest BCUT2D eigenvalue weighted by Gasteiger charge is 2.39. The Morgan fingerprint density at radius 1 is 1.00 bits per heavy atom. The molecule has 0 saturated heterocycles. The zero-order chi connectivity index (χ0) is 29.4. The van der Waals surface area contributed by atoms with E-state index in [2.05, 4.69) is 0 Å². The lowest BCUT2D eigenvalue weighted by Gasteiger charge is -2.28. The number of carboxylic acid groups (broad SMARTS) is 1. The monoisotopic (exact) mass is 604 g/mol. The van der Waals surface area contributed by atoms with Crippen LogP contribution in [0.1, 0.15) is 58.4 Å². The fourth-order valence-electron chi connectivity index (χ4n) is 5.03. The van der Waals surface area contributed by atoms with Crippen LogP contribution in [0.3, 0.4) is 0 Å². The second-order valence-corrected chi connectivity index (χ2v) is 14.9. The van der Waals surface area contributed by atoms with Gasteiger partial charge in [0.15, 0.2) is 0 Å². The molecule has 0 aliphatic carbocycles. The van der Waals surface area contributed by atoms with Gasteiger partial charge in [-0.1, -0.05) is 39.7 Å². The lowest BCUT2D eigenvalue weighted by atomic mass is 9.74. The molecule has 0 fully saturated rings. The molecule has 1 aliphatic heterocycles. The van der Waals surface area contributed by atoms with Crippen molar-refractivity contribution in [2.24, 2.45) is 10.9 Å². The van der Waals surface area contributed by atoms with Crippen molar-refractivity contribution in [1.82, 2.24) is 4.72 Å². The molecule has 1 atom stereocenters. The van der Waals surface area contributed by atoms with Crippen LogP contribution in [-0.4, -0.2) is 63.4 Å². The zero-order valence-electron chi connectivity index (χ0n) is 21.7. The summed E-state index contributed by atoms with van der Waals surface area (Å²) in [5, 5.41) is 9.21. The molecule has 12 nitrogen and oxygen atoms in total. The van der Waals surface area contributed by atoms with E-state index in [-0.39, 0.29) is 23.1 Å². The quantitative estimate of drug-likeness (QED) is 0.194. The van der Waals surface area contributed by atoms with Crippen LogP contribution in [0.15, 0.2) is 39.0 Å². The Morgan fingerprint density at radius 2 is 1.67 bits per heavy atom. The highest BCUT2D eigenvalue weighted by molar-refractivity contribution is 7.90. The molecular formula is C24H32N2O10S3. The van der Waals surface area contributed by atoms with Gasteiger partial charge >= 0.3 is 5.97 Å². The molecule has 1 aliphatic rings. The fourth-order valence-corrected chi connectivity index (χ4v) is 7.41. The first-order valence-corrected chi connectivity index (χ1v) is 16.7.